The molecule has 0 saturated carbocycles. The van der Waals surface area contributed by atoms with Crippen molar-refractivity contribution in [1.82, 2.24) is 0 Å². The van der Waals surface area contributed by atoms with Gasteiger partial charge in [-0.1, -0.05) is 6.92 Å². The first kappa shape index (κ1) is 12.8. The third-order valence-corrected chi connectivity index (χ3v) is 2.82. The van der Waals surface area contributed by atoms with Gasteiger partial charge in [0.15, 0.2) is 0 Å². The van der Waals surface area contributed by atoms with Gasteiger partial charge in [-0.15, -0.1) is 12.4 Å². The van der Waals surface area contributed by atoms with E-state index in [1.807, 2.05) is 6.92 Å². The van der Waals surface area contributed by atoms with Crippen molar-refractivity contribution in [2.75, 3.05) is 6.54 Å². The maximum atomic E-state index is 10.8. The largest absolute Gasteiger partial charge is 0.488 e. The van der Waals surface area contributed by atoms with Crippen LogP contribution in [0.1, 0.15) is 28.8 Å². The van der Waals surface area contributed by atoms with Crippen molar-refractivity contribution in [3.63, 3.8) is 0 Å². The van der Waals surface area contributed by atoms with E-state index < -0.39 is 5.97 Å². The van der Waals surface area contributed by atoms with Gasteiger partial charge in [0, 0.05) is 18.0 Å². The van der Waals surface area contributed by atoms with Crippen LogP contribution in [0.2, 0.25) is 0 Å². The van der Waals surface area contributed by atoms with Gasteiger partial charge in [0.05, 0.1) is 5.56 Å². The Morgan fingerprint density at radius 2 is 2.25 bits per heavy atom. The number of benzene rings is 1. The van der Waals surface area contributed by atoms with E-state index in [-0.39, 0.29) is 24.4 Å². The molecule has 0 saturated heterocycles. The van der Waals surface area contributed by atoms with E-state index in [4.69, 9.17) is 15.6 Å². The summed E-state index contributed by atoms with van der Waals surface area (Å²) in [5.74, 6) is -0.00607. The smallest absolute Gasteiger partial charge is 0.335 e. The van der Waals surface area contributed by atoms with Gasteiger partial charge in [0.1, 0.15) is 11.9 Å². The summed E-state index contributed by atoms with van der Waals surface area (Å²) in [6, 6.07) is 4.91. The average molecular weight is 244 g/mol. The Bertz CT molecular complexity index is 408. The van der Waals surface area contributed by atoms with Gasteiger partial charge in [0.25, 0.3) is 0 Å². The predicted molar refractivity (Wildman–Crippen MR) is 62.5 cm³/mol. The van der Waals surface area contributed by atoms with Crippen LogP contribution in [-0.2, 0) is 0 Å². The summed E-state index contributed by atoms with van der Waals surface area (Å²) in [5, 5.41) is 8.86. The molecule has 0 spiro atoms. The van der Waals surface area contributed by atoms with Crippen LogP contribution in [0.3, 0.4) is 0 Å². The monoisotopic (exact) mass is 243 g/mol. The summed E-state index contributed by atoms with van der Waals surface area (Å²) in [5.41, 5.74) is 6.79. The number of halogens is 1. The Morgan fingerprint density at radius 1 is 1.56 bits per heavy atom. The molecule has 2 rings (SSSR count). The van der Waals surface area contributed by atoms with E-state index in [2.05, 4.69) is 0 Å². The Morgan fingerprint density at radius 3 is 2.81 bits per heavy atom. The Labute approximate surface area is 99.8 Å². The first-order valence-electron chi connectivity index (χ1n) is 4.87. The molecule has 1 aromatic carbocycles. The van der Waals surface area contributed by atoms with Crippen LogP contribution < -0.4 is 10.5 Å². The van der Waals surface area contributed by atoms with Crippen molar-refractivity contribution in [2.45, 2.75) is 18.9 Å². The molecule has 0 radical (unpaired) electrons. The maximum Gasteiger partial charge on any atom is 0.335 e. The molecule has 3 N–H and O–H groups in total. The van der Waals surface area contributed by atoms with Crippen molar-refractivity contribution < 1.29 is 14.6 Å². The fourth-order valence-electron chi connectivity index (χ4n) is 1.86. The van der Waals surface area contributed by atoms with Crippen LogP contribution in [-0.4, -0.2) is 23.7 Å². The lowest BCUT2D eigenvalue weighted by molar-refractivity contribution is 0.0697. The number of ether oxygens (including phenoxy) is 1. The van der Waals surface area contributed by atoms with E-state index in [0.717, 1.165) is 11.3 Å². The van der Waals surface area contributed by atoms with Gasteiger partial charge < -0.3 is 15.6 Å². The summed E-state index contributed by atoms with van der Waals surface area (Å²) in [4.78, 5) is 10.8. The maximum absolute atomic E-state index is 10.8. The van der Waals surface area contributed by atoms with Gasteiger partial charge in [0.2, 0.25) is 0 Å². The van der Waals surface area contributed by atoms with Gasteiger partial charge in [-0.25, -0.2) is 4.79 Å². The second-order valence-electron chi connectivity index (χ2n) is 3.74. The molecular formula is C11H14ClNO3. The summed E-state index contributed by atoms with van der Waals surface area (Å²) in [6.07, 6.45) is -0.0379. The van der Waals surface area contributed by atoms with E-state index in [1.165, 1.54) is 0 Å². The summed E-state index contributed by atoms with van der Waals surface area (Å²) in [6.45, 7) is 2.44. The molecule has 16 heavy (non-hydrogen) atoms. The van der Waals surface area contributed by atoms with Gasteiger partial charge in [-0.2, -0.15) is 0 Å². The van der Waals surface area contributed by atoms with Crippen LogP contribution in [0, 0.1) is 0 Å². The van der Waals surface area contributed by atoms with Gasteiger partial charge >= 0.3 is 5.97 Å². The highest BCUT2D eigenvalue weighted by Gasteiger charge is 2.30. The lowest BCUT2D eigenvalue weighted by Gasteiger charge is -2.11. The standard InChI is InChI=1S/C11H13NO3.ClH/c1-6-8-4-7(11(13)14)2-3-9(8)15-10(6)5-12;/h2-4,6,10H,5,12H2,1H3,(H,13,14);1H/t6-,10-;/m0./s1. The van der Waals surface area contributed by atoms with E-state index in [0.29, 0.717) is 12.1 Å². The highest BCUT2D eigenvalue weighted by molar-refractivity contribution is 5.88. The number of carbonyl (C=O) groups is 1. The molecule has 0 amide bonds. The molecule has 0 aliphatic carbocycles. The number of fused-ring (bicyclic) bond motifs is 1. The lowest BCUT2D eigenvalue weighted by atomic mass is 9.96. The fourth-order valence-corrected chi connectivity index (χ4v) is 1.86. The summed E-state index contributed by atoms with van der Waals surface area (Å²) < 4.78 is 5.59. The third-order valence-electron chi connectivity index (χ3n) is 2.82. The van der Waals surface area contributed by atoms with Crippen LogP contribution in [0.5, 0.6) is 5.75 Å². The topological polar surface area (TPSA) is 72.5 Å². The van der Waals surface area contributed by atoms with Crippen LogP contribution in [0.4, 0.5) is 0 Å². The number of rotatable bonds is 2. The third kappa shape index (κ3) is 1.99. The number of carboxylic acids is 1. The van der Waals surface area contributed by atoms with Crippen molar-refractivity contribution in [3.8, 4) is 5.75 Å². The Kier molecular flexibility index (Phi) is 3.78. The molecule has 0 aromatic heterocycles. The van der Waals surface area contributed by atoms with Crippen LogP contribution >= 0.6 is 12.4 Å². The van der Waals surface area contributed by atoms with Crippen molar-refractivity contribution in [2.24, 2.45) is 5.73 Å². The first-order valence-corrected chi connectivity index (χ1v) is 4.87. The van der Waals surface area contributed by atoms with Crippen LogP contribution in [0.25, 0.3) is 0 Å². The van der Waals surface area contributed by atoms with E-state index >= 15 is 0 Å². The minimum absolute atomic E-state index is 0. The molecule has 2 atom stereocenters. The highest BCUT2D eigenvalue weighted by Crippen LogP contribution is 2.37. The van der Waals surface area contributed by atoms with Crippen LogP contribution in [0.15, 0.2) is 18.2 Å². The second kappa shape index (κ2) is 4.72. The van der Waals surface area contributed by atoms with E-state index in [1.54, 1.807) is 18.2 Å². The minimum Gasteiger partial charge on any atom is -0.488 e. The molecule has 5 heteroatoms. The SMILES string of the molecule is C[C@H]1c2cc(C(=O)O)ccc2O[C@H]1CN.Cl. The minimum atomic E-state index is -0.916. The molecule has 1 aromatic rings. The Balaban J connectivity index is 0.00000128. The molecule has 0 unspecified atom stereocenters. The lowest BCUT2D eigenvalue weighted by Crippen LogP contribution is -2.26. The molecule has 1 heterocycles. The van der Waals surface area contributed by atoms with Crippen molar-refractivity contribution in [3.05, 3.63) is 29.3 Å². The first-order chi connectivity index (χ1) is 7.13. The number of hydrogen-bond donors (Lipinski definition) is 2. The second-order valence-corrected chi connectivity index (χ2v) is 3.74. The molecule has 4 nitrogen and oxygen atoms in total. The average Bonchev–Trinajstić information content (AvgIpc) is 2.55. The zero-order valence-corrected chi connectivity index (χ0v) is 9.66. The zero-order valence-electron chi connectivity index (χ0n) is 8.84. The van der Waals surface area contributed by atoms with Crippen molar-refractivity contribution >= 4 is 18.4 Å². The quantitative estimate of drug-likeness (QED) is 0.828. The molecule has 1 aliphatic rings. The molecule has 88 valence electrons. The number of hydrogen-bond acceptors (Lipinski definition) is 3. The van der Waals surface area contributed by atoms with Gasteiger partial charge in [-0.05, 0) is 18.2 Å². The Hall–Kier alpha value is -1.26. The predicted octanol–water partition coefficient (Wildman–Crippen LogP) is 1.63. The van der Waals surface area contributed by atoms with Gasteiger partial charge in [-0.3, -0.25) is 0 Å². The fraction of sp³-hybridized carbons (Fsp3) is 0.364. The van der Waals surface area contributed by atoms with Crippen molar-refractivity contribution in [1.29, 1.82) is 0 Å². The van der Waals surface area contributed by atoms with E-state index in [9.17, 15) is 4.79 Å². The number of nitrogens with two attached hydrogens (primary N) is 1. The zero-order chi connectivity index (χ0) is 11.0. The highest BCUT2D eigenvalue weighted by atomic mass is 35.5. The molecule has 0 bridgehead atoms. The number of carboxylic acid groups (broad SMARTS) is 1. The summed E-state index contributed by atoms with van der Waals surface area (Å²) in [7, 11) is 0. The normalized spacial score (nSPS) is 21.9. The molecule has 1 aliphatic heterocycles. The molecule has 0 fully saturated rings. The molecular weight excluding hydrogens is 230 g/mol. The summed E-state index contributed by atoms with van der Waals surface area (Å²) >= 11 is 0. The number of aromatic carboxylic acids is 1.